The van der Waals surface area contributed by atoms with E-state index in [4.69, 9.17) is 9.47 Å². The summed E-state index contributed by atoms with van der Waals surface area (Å²) in [5.41, 5.74) is 5.59. The zero-order valence-electron chi connectivity index (χ0n) is 23.2. The van der Waals surface area contributed by atoms with Gasteiger partial charge in [-0.2, -0.15) is 4.98 Å². The number of rotatable bonds is 4. The maximum Gasteiger partial charge on any atom is 0.264 e. The molecule has 0 radical (unpaired) electrons. The number of sulfonamides is 1. The first-order chi connectivity index (χ1) is 18.7. The van der Waals surface area contributed by atoms with Crippen LogP contribution in [0.2, 0.25) is 0 Å². The Morgan fingerprint density at radius 3 is 2.49 bits per heavy atom. The van der Waals surface area contributed by atoms with Gasteiger partial charge in [-0.25, -0.2) is 18.1 Å². The Morgan fingerprint density at radius 2 is 1.77 bits per heavy atom. The number of fused-ring (bicyclic) bond motifs is 4. The molecule has 4 bridgehead atoms. The van der Waals surface area contributed by atoms with Crippen molar-refractivity contribution in [2.45, 2.75) is 70.4 Å². The molecule has 0 unspecified atom stereocenters. The lowest BCUT2D eigenvalue weighted by molar-refractivity contribution is 0.0853. The van der Waals surface area contributed by atoms with Gasteiger partial charge in [0.05, 0.1) is 10.6 Å². The number of aromatic nitrogens is 2. The second-order valence-corrected chi connectivity index (χ2v) is 12.8. The molecule has 9 heteroatoms. The van der Waals surface area contributed by atoms with Crippen LogP contribution in [0, 0.1) is 19.8 Å². The average molecular weight is 551 g/mol. The third kappa shape index (κ3) is 6.59. The van der Waals surface area contributed by atoms with Crippen molar-refractivity contribution in [3.63, 3.8) is 0 Å². The third-order valence-electron chi connectivity index (χ3n) is 7.44. The van der Waals surface area contributed by atoms with Crippen LogP contribution in [-0.4, -0.2) is 44.2 Å². The minimum absolute atomic E-state index is 0.00390. The van der Waals surface area contributed by atoms with Gasteiger partial charge in [-0.3, -0.25) is 0 Å². The van der Waals surface area contributed by atoms with Gasteiger partial charge in [0.2, 0.25) is 11.8 Å². The van der Waals surface area contributed by atoms with Crippen LogP contribution >= 0.6 is 0 Å². The van der Waals surface area contributed by atoms with Crippen LogP contribution in [0.3, 0.4) is 0 Å². The van der Waals surface area contributed by atoms with Crippen LogP contribution in [0.4, 0.5) is 5.95 Å². The predicted molar refractivity (Wildman–Crippen MR) is 153 cm³/mol. The molecule has 3 aromatic rings. The van der Waals surface area contributed by atoms with Gasteiger partial charge in [-0.15, -0.1) is 0 Å². The molecule has 0 amide bonds. The zero-order valence-corrected chi connectivity index (χ0v) is 24.0. The van der Waals surface area contributed by atoms with Crippen molar-refractivity contribution in [3.8, 4) is 17.1 Å². The molecule has 3 heterocycles. The molecule has 0 aliphatic carbocycles. The summed E-state index contributed by atoms with van der Waals surface area (Å²) in [6, 6.07) is 13.6. The van der Waals surface area contributed by atoms with Gasteiger partial charge in [0.15, 0.2) is 0 Å². The van der Waals surface area contributed by atoms with E-state index in [1.165, 1.54) is 0 Å². The van der Waals surface area contributed by atoms with Crippen molar-refractivity contribution >= 4 is 16.0 Å². The Morgan fingerprint density at radius 1 is 1.03 bits per heavy atom. The second kappa shape index (κ2) is 11.6. The highest BCUT2D eigenvalue weighted by molar-refractivity contribution is 7.92. The van der Waals surface area contributed by atoms with E-state index in [0.717, 1.165) is 47.1 Å². The van der Waals surface area contributed by atoms with Gasteiger partial charge in [0, 0.05) is 37.4 Å². The zero-order chi connectivity index (χ0) is 27.6. The number of aryl methyl sites for hydroxylation is 2. The van der Waals surface area contributed by atoms with E-state index >= 15 is 0 Å². The summed E-state index contributed by atoms with van der Waals surface area (Å²) in [7, 11) is -3.96. The molecular weight excluding hydrogens is 512 g/mol. The summed E-state index contributed by atoms with van der Waals surface area (Å²) in [6.45, 7) is 10.7. The summed E-state index contributed by atoms with van der Waals surface area (Å²) >= 11 is 0. The van der Waals surface area contributed by atoms with Gasteiger partial charge in [-0.1, -0.05) is 38.1 Å². The largest absolute Gasteiger partial charge is 0.476 e. The summed E-state index contributed by atoms with van der Waals surface area (Å²) in [4.78, 5) is 9.34. The van der Waals surface area contributed by atoms with Crippen molar-refractivity contribution in [1.82, 2.24) is 15.3 Å². The average Bonchev–Trinajstić information content (AvgIpc) is 2.90. The molecule has 2 aliphatic heterocycles. The van der Waals surface area contributed by atoms with Crippen LogP contribution < -0.4 is 14.8 Å². The minimum Gasteiger partial charge on any atom is -0.476 e. The molecule has 2 N–H and O–H groups in total. The smallest absolute Gasteiger partial charge is 0.264 e. The van der Waals surface area contributed by atoms with Gasteiger partial charge in [0.25, 0.3) is 10.0 Å². The third-order valence-corrected chi connectivity index (χ3v) is 8.75. The minimum atomic E-state index is -3.96. The topological polar surface area (TPSA) is 102 Å². The number of nitrogens with zero attached hydrogens (tertiary/aromatic N) is 2. The first-order valence-corrected chi connectivity index (χ1v) is 15.2. The van der Waals surface area contributed by atoms with Crippen molar-refractivity contribution in [2.75, 3.05) is 24.5 Å². The van der Waals surface area contributed by atoms with E-state index < -0.39 is 10.0 Å². The number of nitrogens with one attached hydrogen (secondary N) is 2. The fraction of sp³-hybridized carbons (Fsp3) is 0.467. The second-order valence-electron chi connectivity index (χ2n) is 11.1. The molecule has 2 aromatic carbocycles. The molecule has 1 aromatic heterocycles. The van der Waals surface area contributed by atoms with Crippen LogP contribution in [0.25, 0.3) is 11.3 Å². The highest BCUT2D eigenvalue weighted by Crippen LogP contribution is 2.32. The summed E-state index contributed by atoms with van der Waals surface area (Å²) < 4.78 is 41.9. The standard InChI is InChI=1S/C30H38N4O4S/c1-19(2)12-25-18-38-28-16-27(29-20(3)6-5-7-21(29)4)32-30(33-28)34-39(35,36)26-14-22(17-31-25)13-24(15-26)23-8-10-37-11-9-23/h5-7,13-16,19,23,25,31H,8-12,17-18H2,1-4H3,(H,32,33,34)/t25-/m1/s1. The van der Waals surface area contributed by atoms with Crippen molar-refractivity contribution in [3.05, 3.63) is 64.7 Å². The Labute approximate surface area is 231 Å². The summed E-state index contributed by atoms with van der Waals surface area (Å²) in [5.74, 6) is 1.05. The van der Waals surface area contributed by atoms with E-state index in [0.29, 0.717) is 43.9 Å². The summed E-state index contributed by atoms with van der Waals surface area (Å²) in [6.07, 6.45) is 2.65. The molecule has 0 spiro atoms. The van der Waals surface area contributed by atoms with E-state index in [1.807, 2.05) is 32.0 Å². The van der Waals surface area contributed by atoms with E-state index in [1.54, 1.807) is 18.2 Å². The molecule has 1 fully saturated rings. The fourth-order valence-corrected chi connectivity index (χ4v) is 6.55. The first kappa shape index (κ1) is 27.6. The Balaban J connectivity index is 1.61. The van der Waals surface area contributed by atoms with E-state index in [-0.39, 0.29) is 22.8 Å². The van der Waals surface area contributed by atoms with E-state index in [9.17, 15) is 8.42 Å². The molecule has 5 rings (SSSR count). The Hall–Kier alpha value is -3.01. The molecule has 1 saturated heterocycles. The fourth-order valence-electron chi connectivity index (χ4n) is 5.51. The van der Waals surface area contributed by atoms with Crippen LogP contribution in [0.1, 0.15) is 61.3 Å². The molecule has 39 heavy (non-hydrogen) atoms. The Bertz CT molecular complexity index is 1410. The van der Waals surface area contributed by atoms with Crippen molar-refractivity contribution < 1.29 is 17.9 Å². The van der Waals surface area contributed by atoms with Crippen LogP contribution in [0.15, 0.2) is 47.4 Å². The molecular formula is C30H38N4O4S. The number of benzene rings is 2. The maximum atomic E-state index is 13.7. The van der Waals surface area contributed by atoms with Crippen LogP contribution in [0.5, 0.6) is 5.88 Å². The van der Waals surface area contributed by atoms with Gasteiger partial charge in [0.1, 0.15) is 6.61 Å². The van der Waals surface area contributed by atoms with E-state index in [2.05, 4.69) is 39.9 Å². The number of anilines is 1. The lowest BCUT2D eigenvalue weighted by atomic mass is 9.90. The highest BCUT2D eigenvalue weighted by Gasteiger charge is 2.24. The van der Waals surface area contributed by atoms with Gasteiger partial charge >= 0.3 is 0 Å². The first-order valence-electron chi connectivity index (χ1n) is 13.7. The molecule has 0 saturated carbocycles. The van der Waals surface area contributed by atoms with Crippen LogP contribution in [-0.2, 0) is 21.3 Å². The van der Waals surface area contributed by atoms with Gasteiger partial charge in [-0.05, 0) is 79.3 Å². The van der Waals surface area contributed by atoms with Crippen molar-refractivity contribution in [1.29, 1.82) is 0 Å². The van der Waals surface area contributed by atoms with Crippen molar-refractivity contribution in [2.24, 2.45) is 5.92 Å². The predicted octanol–water partition coefficient (Wildman–Crippen LogP) is 5.35. The lowest BCUT2D eigenvalue weighted by Gasteiger charge is -2.24. The Kier molecular flexibility index (Phi) is 8.21. The monoisotopic (exact) mass is 550 g/mol. The molecule has 1 atom stereocenters. The maximum absolute atomic E-state index is 13.7. The normalized spacial score (nSPS) is 19.8. The number of ether oxygens (including phenoxy) is 2. The molecule has 2 aliphatic rings. The van der Waals surface area contributed by atoms with Gasteiger partial charge < -0.3 is 14.8 Å². The number of hydrogen-bond acceptors (Lipinski definition) is 7. The molecule has 208 valence electrons. The number of hydrogen-bond donors (Lipinski definition) is 2. The quantitative estimate of drug-likeness (QED) is 0.451. The lowest BCUT2D eigenvalue weighted by Crippen LogP contribution is -2.35. The summed E-state index contributed by atoms with van der Waals surface area (Å²) in [5, 5.41) is 3.62. The molecule has 8 nitrogen and oxygen atoms in total. The highest BCUT2D eigenvalue weighted by atomic mass is 32.2. The SMILES string of the molecule is Cc1cccc(C)c1-c1cc2nc(n1)NS(=O)(=O)c1cc(cc(C3CCOCC3)c1)CN[C@H](CC(C)C)CO2.